The van der Waals surface area contributed by atoms with E-state index < -0.39 is 117 Å². The molecule has 0 bridgehead atoms. The van der Waals surface area contributed by atoms with Crippen LogP contribution in [0.15, 0.2) is 0 Å². The molecule has 0 radical (unpaired) electrons. The highest BCUT2D eigenvalue weighted by atomic mass is 32.3. The molecule has 3 aliphatic heterocycles. The van der Waals surface area contributed by atoms with Crippen LogP contribution in [0, 0.1) is 0 Å². The van der Waals surface area contributed by atoms with Crippen molar-refractivity contribution in [3.8, 4) is 0 Å². The van der Waals surface area contributed by atoms with Crippen LogP contribution in [0.3, 0.4) is 0 Å². The molecule has 3 heterocycles. The summed E-state index contributed by atoms with van der Waals surface area (Å²) < 4.78 is 130. The molecule has 0 amide bonds. The maximum Gasteiger partial charge on any atom is 0.639 e. The van der Waals surface area contributed by atoms with Crippen LogP contribution in [0.5, 0.6) is 0 Å². The molecule has 0 spiro atoms. The molecule has 3 atom stereocenters. The lowest BCUT2D eigenvalue weighted by Crippen LogP contribution is -2.50. The first kappa shape index (κ1) is 26.4. The van der Waals surface area contributed by atoms with Gasteiger partial charge in [0.1, 0.15) is 39.1 Å². The lowest BCUT2D eigenvalue weighted by Gasteiger charge is -2.31. The Hall–Kier alpha value is -0.255. The summed E-state index contributed by atoms with van der Waals surface area (Å²) in [4.78, 5) is 0. The second kappa shape index (κ2) is 11.0. The summed E-state index contributed by atoms with van der Waals surface area (Å²) in [7, 11) is -6.15. The molecule has 3 unspecified atom stereocenters. The molecule has 3 fully saturated rings. The second-order valence-electron chi connectivity index (χ2n) is 6.85. The summed E-state index contributed by atoms with van der Waals surface area (Å²) in [5, 5.41) is 0. The first-order chi connectivity index (χ1) is 15.0. The van der Waals surface area contributed by atoms with E-state index in [9.17, 15) is 30.0 Å². The van der Waals surface area contributed by atoms with Gasteiger partial charge in [-0.2, -0.15) is 16.8 Å². The first-order valence-electron chi connectivity index (χ1n) is 8.79. The van der Waals surface area contributed by atoms with Crippen LogP contribution >= 0.6 is 0 Å². The average molecular weight is 534 g/mol. The van der Waals surface area contributed by atoms with Gasteiger partial charge < -0.3 is 14.0 Å². The number of hydrogen-bond acceptors (Lipinski definition) is 13. The van der Waals surface area contributed by atoms with Gasteiger partial charge in [0.25, 0.3) is 0 Å². The van der Waals surface area contributed by atoms with E-state index in [2.05, 4.69) is 20.9 Å². The quantitative estimate of drug-likeness (QED) is 0.322. The molecule has 186 valence electrons. The van der Waals surface area contributed by atoms with Gasteiger partial charge in [0.05, 0.1) is 19.8 Å². The predicted molar refractivity (Wildman–Crippen MR) is 96.0 cm³/mol. The Kier molecular flexibility index (Phi) is 9.05. The highest BCUT2D eigenvalue weighted by Gasteiger charge is 2.44. The SMILES string of the molecule is O=S1OCC(F)(COB(OCC2OS(=O)OCC2F)OCC2(F)COS(=O)(=O)OC2)CO1. The fourth-order valence-electron chi connectivity index (χ4n) is 2.28. The van der Waals surface area contributed by atoms with Crippen molar-refractivity contribution in [3.63, 3.8) is 0 Å². The van der Waals surface area contributed by atoms with Crippen molar-refractivity contribution in [2.75, 3.05) is 52.9 Å². The van der Waals surface area contributed by atoms with Crippen LogP contribution in [0.25, 0.3) is 0 Å². The van der Waals surface area contributed by atoms with E-state index in [0.717, 1.165) is 0 Å². The lowest BCUT2D eigenvalue weighted by molar-refractivity contribution is -0.0714. The van der Waals surface area contributed by atoms with Crippen LogP contribution in [0.4, 0.5) is 13.2 Å². The van der Waals surface area contributed by atoms with Crippen molar-refractivity contribution in [1.82, 2.24) is 0 Å². The summed E-state index contributed by atoms with van der Waals surface area (Å²) in [6.07, 6.45) is -3.10. The molecule has 20 heteroatoms. The molecule has 32 heavy (non-hydrogen) atoms. The van der Waals surface area contributed by atoms with Crippen molar-refractivity contribution in [1.29, 1.82) is 0 Å². The van der Waals surface area contributed by atoms with Crippen molar-refractivity contribution >= 4 is 40.4 Å². The highest BCUT2D eigenvalue weighted by Crippen LogP contribution is 2.24. The van der Waals surface area contributed by atoms with E-state index >= 15 is 0 Å². The highest BCUT2D eigenvalue weighted by molar-refractivity contribution is 7.81. The zero-order chi connectivity index (χ0) is 23.4. The molecular weight excluding hydrogens is 516 g/mol. The first-order valence-corrected chi connectivity index (χ1v) is 12.1. The molecule has 13 nitrogen and oxygen atoms in total. The van der Waals surface area contributed by atoms with Crippen molar-refractivity contribution in [3.05, 3.63) is 0 Å². The number of rotatable bonds is 9. The molecule has 0 aromatic carbocycles. The van der Waals surface area contributed by atoms with E-state index in [0.29, 0.717) is 0 Å². The minimum absolute atomic E-state index is 0.539. The van der Waals surface area contributed by atoms with Crippen molar-refractivity contribution in [2.45, 2.75) is 23.6 Å². The molecule has 0 N–H and O–H groups in total. The van der Waals surface area contributed by atoms with Gasteiger partial charge in [-0.05, 0) is 0 Å². The largest absolute Gasteiger partial charge is 0.639 e. The van der Waals surface area contributed by atoms with Crippen LogP contribution < -0.4 is 0 Å². The molecule has 0 aromatic heterocycles. The Morgan fingerprint density at radius 3 is 2.06 bits per heavy atom. The summed E-state index contributed by atoms with van der Waals surface area (Å²) >= 11 is -4.34. The molecule has 0 saturated carbocycles. The standard InChI is InChI=1S/C12H18BF3O13S3/c14-9-1-24-31(18)29-10(9)2-21-13(22-3-11(15)5-25-30(17)26-6-11)23-4-12(16)7-27-32(19,20)28-8-12/h9-10H,1-8H2. The minimum atomic E-state index is -4.33. The van der Waals surface area contributed by atoms with E-state index in [1.165, 1.54) is 0 Å². The number of hydrogen-bond donors (Lipinski definition) is 0. The third-order valence-corrected chi connectivity index (χ3v) is 6.20. The maximum absolute atomic E-state index is 14.7. The Morgan fingerprint density at radius 2 is 1.47 bits per heavy atom. The Balaban J connectivity index is 1.57. The summed E-state index contributed by atoms with van der Waals surface area (Å²) in [6, 6.07) is 0. The van der Waals surface area contributed by atoms with Gasteiger partial charge in [-0.1, -0.05) is 0 Å². The fourth-order valence-corrected chi connectivity index (χ4v) is 4.42. The Bertz CT molecular complexity index is 780. The lowest BCUT2D eigenvalue weighted by atomic mass is 10.1. The zero-order valence-electron chi connectivity index (χ0n) is 16.1. The summed E-state index contributed by atoms with van der Waals surface area (Å²) in [6.45, 7) is -6.02. The smallest absolute Gasteiger partial charge is 0.383 e. The normalized spacial score (nSPS) is 37.1. The minimum Gasteiger partial charge on any atom is -0.383 e. The average Bonchev–Trinajstić information content (AvgIpc) is 2.75. The fraction of sp³-hybridized carbons (Fsp3) is 1.00. The maximum atomic E-state index is 14.7. The molecule has 3 aliphatic rings. The van der Waals surface area contributed by atoms with Gasteiger partial charge in [0.2, 0.25) is 0 Å². The zero-order valence-corrected chi connectivity index (χ0v) is 18.5. The van der Waals surface area contributed by atoms with E-state index in [1.807, 2.05) is 0 Å². The third kappa shape index (κ3) is 7.91. The molecule has 0 aliphatic carbocycles. The van der Waals surface area contributed by atoms with Crippen LogP contribution in [0.2, 0.25) is 0 Å². The molecular formula is C12H18BF3O13S3. The van der Waals surface area contributed by atoms with Crippen molar-refractivity contribution in [2.24, 2.45) is 0 Å². The van der Waals surface area contributed by atoms with Gasteiger partial charge in [-0.3, -0.25) is 16.7 Å². The molecule has 3 saturated heterocycles. The van der Waals surface area contributed by atoms with Crippen molar-refractivity contribution < 1.29 is 69.1 Å². The van der Waals surface area contributed by atoms with E-state index in [4.69, 9.17) is 18.1 Å². The Morgan fingerprint density at radius 1 is 0.906 bits per heavy atom. The van der Waals surface area contributed by atoms with Gasteiger partial charge in [0.15, 0.2) is 17.5 Å². The van der Waals surface area contributed by atoms with E-state index in [1.54, 1.807) is 0 Å². The van der Waals surface area contributed by atoms with Crippen LogP contribution in [0.1, 0.15) is 0 Å². The second-order valence-corrected chi connectivity index (χ2v) is 9.85. The van der Waals surface area contributed by atoms with Gasteiger partial charge in [0, 0.05) is 0 Å². The number of halogens is 3. The molecule has 3 rings (SSSR count). The molecule has 0 aromatic rings. The van der Waals surface area contributed by atoms with Gasteiger partial charge in [-0.15, -0.1) is 0 Å². The summed E-state index contributed by atoms with van der Waals surface area (Å²) in [5.41, 5.74) is -4.70. The topological polar surface area (TPSA) is 151 Å². The van der Waals surface area contributed by atoms with Gasteiger partial charge >= 0.3 is 40.4 Å². The monoisotopic (exact) mass is 534 g/mol. The van der Waals surface area contributed by atoms with Crippen LogP contribution in [-0.2, 0) is 72.2 Å². The number of alkyl halides is 3. The predicted octanol–water partition coefficient (Wildman–Crippen LogP) is -1.31. The Labute approximate surface area is 186 Å². The summed E-state index contributed by atoms with van der Waals surface area (Å²) in [5.74, 6) is 0. The van der Waals surface area contributed by atoms with Crippen LogP contribution in [-0.4, -0.2) is 101 Å². The van der Waals surface area contributed by atoms with Gasteiger partial charge in [-0.25, -0.2) is 21.5 Å². The van der Waals surface area contributed by atoms with E-state index in [-0.39, 0.29) is 0 Å². The third-order valence-electron chi connectivity index (χ3n) is 4.03.